The van der Waals surface area contributed by atoms with Gasteiger partial charge in [-0.1, -0.05) is 48.6 Å². The molecule has 0 spiro atoms. The molecule has 2 N–H and O–H groups in total. The van der Waals surface area contributed by atoms with Gasteiger partial charge in [0.15, 0.2) is 6.61 Å². The van der Waals surface area contributed by atoms with Crippen LogP contribution in [0.1, 0.15) is 29.3 Å². The fourth-order valence-electron chi connectivity index (χ4n) is 3.89. The predicted molar refractivity (Wildman–Crippen MR) is 141 cm³/mol. The van der Waals surface area contributed by atoms with Crippen LogP contribution in [-0.2, 0) is 11.5 Å². The van der Waals surface area contributed by atoms with Gasteiger partial charge in [-0.05, 0) is 59.1 Å². The average molecular weight is 488 g/mol. The molecule has 1 atom stereocenters. The minimum Gasteiger partial charge on any atom is -0.483 e. The first kappa shape index (κ1) is 24.4. The summed E-state index contributed by atoms with van der Waals surface area (Å²) in [6, 6.07) is 17.4. The molecule has 1 unspecified atom stereocenters. The zero-order valence-corrected chi connectivity index (χ0v) is 20.5. The van der Waals surface area contributed by atoms with E-state index < -0.39 is 6.67 Å². The number of benzene rings is 3. The lowest BCUT2D eigenvalue weighted by atomic mass is 10.0. The molecule has 0 saturated carbocycles. The van der Waals surface area contributed by atoms with E-state index >= 15 is 0 Å². The average Bonchev–Trinajstić information content (AvgIpc) is 3.01. The van der Waals surface area contributed by atoms with Gasteiger partial charge in [0.05, 0.1) is 0 Å². The van der Waals surface area contributed by atoms with Crippen molar-refractivity contribution >= 4 is 37.5 Å². The number of nitrogens with one attached hydrogen (secondary N) is 2. The van der Waals surface area contributed by atoms with Crippen molar-refractivity contribution in [3.63, 3.8) is 0 Å². The van der Waals surface area contributed by atoms with Crippen molar-refractivity contribution in [3.05, 3.63) is 107 Å². The second kappa shape index (κ2) is 11.1. The quantitative estimate of drug-likeness (QED) is 0.398. The van der Waals surface area contributed by atoms with Crippen LogP contribution in [-0.4, -0.2) is 18.4 Å². The summed E-state index contributed by atoms with van der Waals surface area (Å²) in [5.41, 5.74) is 3.38. The minimum absolute atomic E-state index is 0.210. The highest BCUT2D eigenvalue weighted by atomic mass is 31.0. The SMILES string of the molecule is CC1=CC(P)=CCC(NC(=O)c2ccc(OCC(=O)Nc3cccc(CF)c3)c3ccccc23)=C1. The van der Waals surface area contributed by atoms with Crippen LogP contribution in [0.3, 0.4) is 0 Å². The molecule has 5 nitrogen and oxygen atoms in total. The Morgan fingerprint density at radius 3 is 2.60 bits per heavy atom. The van der Waals surface area contributed by atoms with E-state index in [9.17, 15) is 14.0 Å². The van der Waals surface area contributed by atoms with Crippen LogP contribution in [0.4, 0.5) is 10.1 Å². The first-order valence-corrected chi connectivity index (χ1v) is 11.8. The van der Waals surface area contributed by atoms with E-state index in [4.69, 9.17) is 4.74 Å². The molecule has 0 saturated heterocycles. The zero-order valence-electron chi connectivity index (χ0n) is 19.3. The Labute approximate surface area is 206 Å². The van der Waals surface area contributed by atoms with E-state index in [-0.39, 0.29) is 18.4 Å². The van der Waals surface area contributed by atoms with Crippen LogP contribution in [0.2, 0.25) is 0 Å². The Bertz CT molecular complexity index is 1380. The van der Waals surface area contributed by atoms with Gasteiger partial charge in [0.2, 0.25) is 0 Å². The number of rotatable bonds is 7. The number of carbonyl (C=O) groups excluding carboxylic acids is 2. The Hall–Kier alpha value is -3.76. The normalized spacial score (nSPS) is 13.3. The molecule has 1 aliphatic rings. The Balaban J connectivity index is 1.49. The van der Waals surface area contributed by atoms with Crippen molar-refractivity contribution in [2.45, 2.75) is 20.0 Å². The first-order chi connectivity index (χ1) is 16.9. The van der Waals surface area contributed by atoms with Gasteiger partial charge in [-0.2, -0.15) is 0 Å². The fraction of sp³-hybridized carbons (Fsp3) is 0.143. The van der Waals surface area contributed by atoms with Crippen LogP contribution < -0.4 is 15.4 Å². The second-order valence-corrected chi connectivity index (χ2v) is 8.91. The number of allylic oxidation sites excluding steroid dienone is 5. The maximum atomic E-state index is 13.1. The summed E-state index contributed by atoms with van der Waals surface area (Å²) in [5, 5.41) is 8.26. The number of hydrogen-bond acceptors (Lipinski definition) is 3. The molecule has 1 aliphatic carbocycles. The maximum Gasteiger partial charge on any atom is 0.262 e. The largest absolute Gasteiger partial charge is 0.483 e. The highest BCUT2D eigenvalue weighted by molar-refractivity contribution is 7.22. The number of amides is 2. The fourth-order valence-corrected chi connectivity index (χ4v) is 4.27. The lowest BCUT2D eigenvalue weighted by molar-refractivity contribution is -0.118. The number of hydrogen-bond donors (Lipinski definition) is 2. The summed E-state index contributed by atoms with van der Waals surface area (Å²) in [5.74, 6) is -0.0807. The molecular weight excluding hydrogens is 462 g/mol. The molecular formula is C28H26FN2O3P. The molecule has 0 aromatic heterocycles. The third kappa shape index (κ3) is 6.23. The van der Waals surface area contributed by atoms with Crippen molar-refractivity contribution in [3.8, 4) is 5.75 Å². The molecule has 35 heavy (non-hydrogen) atoms. The molecule has 0 radical (unpaired) electrons. The van der Waals surface area contributed by atoms with Gasteiger partial charge >= 0.3 is 0 Å². The second-order valence-electron chi connectivity index (χ2n) is 8.25. The van der Waals surface area contributed by atoms with Gasteiger partial charge in [0, 0.05) is 28.8 Å². The van der Waals surface area contributed by atoms with Gasteiger partial charge in [-0.25, -0.2) is 4.39 Å². The number of carbonyl (C=O) groups is 2. The van der Waals surface area contributed by atoms with Gasteiger partial charge in [0.25, 0.3) is 11.8 Å². The van der Waals surface area contributed by atoms with Crippen LogP contribution in [0, 0.1) is 0 Å². The maximum absolute atomic E-state index is 13.1. The lowest BCUT2D eigenvalue weighted by Crippen LogP contribution is -2.23. The van der Waals surface area contributed by atoms with Crippen molar-refractivity contribution in [1.29, 1.82) is 0 Å². The summed E-state index contributed by atoms with van der Waals surface area (Å²) >= 11 is 0. The Kier molecular flexibility index (Phi) is 7.74. The first-order valence-electron chi connectivity index (χ1n) is 11.2. The van der Waals surface area contributed by atoms with E-state index in [1.54, 1.807) is 36.4 Å². The Morgan fingerprint density at radius 1 is 1.00 bits per heavy atom. The number of alkyl halides is 1. The summed E-state index contributed by atoms with van der Waals surface area (Å²) < 4.78 is 18.6. The smallest absolute Gasteiger partial charge is 0.262 e. The van der Waals surface area contributed by atoms with E-state index in [1.807, 2.05) is 49.4 Å². The van der Waals surface area contributed by atoms with E-state index in [0.717, 1.165) is 27.4 Å². The van der Waals surface area contributed by atoms with Crippen molar-refractivity contribution in [2.24, 2.45) is 0 Å². The standard InChI is InChI=1S/C28H26FN2O3P/c1-18-13-21(9-10-22(35)14-18)31-28(33)25-11-12-26(24-8-3-2-7-23(24)25)34-17-27(32)30-20-6-4-5-19(15-20)16-29/h2-8,10-15H,9,16-17,35H2,1H3,(H,30,32)(H,31,33). The minimum atomic E-state index is -0.602. The summed E-state index contributed by atoms with van der Waals surface area (Å²) in [6.07, 6.45) is 6.67. The highest BCUT2D eigenvalue weighted by Crippen LogP contribution is 2.29. The molecule has 7 heteroatoms. The molecule has 0 bridgehead atoms. The third-order valence-electron chi connectivity index (χ3n) is 5.48. The molecule has 3 aromatic carbocycles. The predicted octanol–water partition coefficient (Wildman–Crippen LogP) is 6.05. The highest BCUT2D eigenvalue weighted by Gasteiger charge is 2.15. The molecule has 0 aliphatic heterocycles. The van der Waals surface area contributed by atoms with Gasteiger partial charge < -0.3 is 15.4 Å². The van der Waals surface area contributed by atoms with E-state index in [1.165, 1.54) is 0 Å². The van der Waals surface area contributed by atoms with Crippen molar-refractivity contribution in [2.75, 3.05) is 11.9 Å². The summed E-state index contributed by atoms with van der Waals surface area (Å²) in [4.78, 5) is 25.5. The van der Waals surface area contributed by atoms with Crippen molar-refractivity contribution < 1.29 is 18.7 Å². The van der Waals surface area contributed by atoms with Gasteiger partial charge in [0.1, 0.15) is 12.4 Å². The molecule has 4 rings (SSSR count). The Morgan fingerprint density at radius 2 is 1.80 bits per heavy atom. The molecule has 3 aromatic rings. The zero-order chi connectivity index (χ0) is 24.8. The number of fused-ring (bicyclic) bond motifs is 1. The molecule has 0 heterocycles. The monoisotopic (exact) mass is 488 g/mol. The van der Waals surface area contributed by atoms with E-state index in [2.05, 4.69) is 19.9 Å². The van der Waals surface area contributed by atoms with Gasteiger partial charge in [-0.15, -0.1) is 9.24 Å². The number of anilines is 1. The van der Waals surface area contributed by atoms with Crippen LogP contribution >= 0.6 is 9.24 Å². The van der Waals surface area contributed by atoms with Crippen molar-refractivity contribution in [1.82, 2.24) is 5.32 Å². The van der Waals surface area contributed by atoms with E-state index in [0.29, 0.717) is 29.0 Å². The molecule has 178 valence electrons. The number of halogens is 1. The molecule has 2 amide bonds. The topological polar surface area (TPSA) is 67.4 Å². The van der Waals surface area contributed by atoms with Crippen LogP contribution in [0.15, 0.2) is 95.5 Å². The summed E-state index contributed by atoms with van der Waals surface area (Å²) in [7, 11) is 2.68. The third-order valence-corrected chi connectivity index (χ3v) is 5.88. The van der Waals surface area contributed by atoms with Gasteiger partial charge in [-0.3, -0.25) is 9.59 Å². The number of ether oxygens (including phenoxy) is 1. The molecule has 0 fully saturated rings. The van der Waals surface area contributed by atoms with Crippen LogP contribution in [0.25, 0.3) is 10.8 Å². The van der Waals surface area contributed by atoms with Crippen LogP contribution in [0.5, 0.6) is 5.75 Å². The lowest BCUT2D eigenvalue weighted by Gasteiger charge is -2.14. The summed E-state index contributed by atoms with van der Waals surface area (Å²) in [6.45, 7) is 1.16.